The summed E-state index contributed by atoms with van der Waals surface area (Å²) in [7, 11) is -3.67. The Morgan fingerprint density at radius 1 is 1.37 bits per heavy atom. The minimum Gasteiger partial charge on any atom is -0.480 e. The molecule has 1 unspecified atom stereocenters. The van der Waals surface area contributed by atoms with Crippen LogP contribution >= 0.6 is 0 Å². The molecule has 6 nitrogen and oxygen atoms in total. The molecule has 0 aliphatic carbocycles. The molecule has 2 heterocycles. The lowest BCUT2D eigenvalue weighted by Crippen LogP contribution is -2.54. The SMILES string of the molecule is CC1=CCCN(S(=O)(=O)N2CCCCC2C(=O)O)C1. The number of carboxylic acid groups (broad SMARTS) is 1. The van der Waals surface area contributed by atoms with E-state index < -0.39 is 22.2 Å². The Hall–Kier alpha value is -0.920. The number of hydrogen-bond acceptors (Lipinski definition) is 3. The largest absolute Gasteiger partial charge is 0.480 e. The summed E-state index contributed by atoms with van der Waals surface area (Å²) in [4.78, 5) is 11.2. The van der Waals surface area contributed by atoms with Gasteiger partial charge in [-0.2, -0.15) is 17.0 Å². The number of hydrogen-bond donors (Lipinski definition) is 1. The van der Waals surface area contributed by atoms with Gasteiger partial charge in [-0.15, -0.1) is 0 Å². The monoisotopic (exact) mass is 288 g/mol. The van der Waals surface area contributed by atoms with Crippen molar-refractivity contribution in [2.75, 3.05) is 19.6 Å². The number of nitrogens with zero attached hydrogens (tertiary/aromatic N) is 2. The van der Waals surface area contributed by atoms with Crippen molar-refractivity contribution in [1.29, 1.82) is 0 Å². The Morgan fingerprint density at radius 3 is 2.74 bits per heavy atom. The first-order chi connectivity index (χ1) is 8.93. The average molecular weight is 288 g/mol. The Labute approximate surface area is 113 Å². The summed E-state index contributed by atoms with van der Waals surface area (Å²) < 4.78 is 27.7. The Bertz CT molecular complexity index is 486. The molecule has 0 radical (unpaired) electrons. The van der Waals surface area contributed by atoms with E-state index in [0.29, 0.717) is 32.5 Å². The second-order valence-corrected chi connectivity index (χ2v) is 7.02. The van der Waals surface area contributed by atoms with Crippen molar-refractivity contribution in [2.45, 2.75) is 38.6 Å². The van der Waals surface area contributed by atoms with Crippen LogP contribution in [0.1, 0.15) is 32.6 Å². The molecule has 1 fully saturated rings. The molecular weight excluding hydrogens is 268 g/mol. The van der Waals surface area contributed by atoms with E-state index in [0.717, 1.165) is 22.7 Å². The predicted octanol–water partition coefficient (Wildman–Crippen LogP) is 0.822. The molecule has 0 aromatic carbocycles. The number of piperidine rings is 1. The van der Waals surface area contributed by atoms with Gasteiger partial charge < -0.3 is 5.11 Å². The van der Waals surface area contributed by atoms with Crippen LogP contribution in [0.25, 0.3) is 0 Å². The molecule has 1 saturated heterocycles. The molecule has 2 rings (SSSR count). The first-order valence-corrected chi connectivity index (χ1v) is 7.98. The number of rotatable bonds is 3. The zero-order valence-electron chi connectivity index (χ0n) is 11.1. The normalized spacial score (nSPS) is 27.0. The molecular formula is C12H20N2O4S. The fraction of sp³-hybridized carbons (Fsp3) is 0.750. The lowest BCUT2D eigenvalue weighted by molar-refractivity contribution is -0.142. The van der Waals surface area contributed by atoms with Crippen LogP contribution in [0, 0.1) is 0 Å². The molecule has 1 atom stereocenters. The summed E-state index contributed by atoms with van der Waals surface area (Å²) in [5.74, 6) is -1.05. The molecule has 108 valence electrons. The summed E-state index contributed by atoms with van der Waals surface area (Å²) in [5, 5.41) is 9.19. The molecule has 0 aromatic rings. The summed E-state index contributed by atoms with van der Waals surface area (Å²) in [5.41, 5.74) is 1.01. The maximum atomic E-state index is 12.6. The zero-order chi connectivity index (χ0) is 14.0. The minimum absolute atomic E-state index is 0.304. The van der Waals surface area contributed by atoms with Gasteiger partial charge >= 0.3 is 5.97 Å². The van der Waals surface area contributed by atoms with Gasteiger partial charge in [-0.3, -0.25) is 4.79 Å². The number of aliphatic carboxylic acids is 1. The molecule has 0 aromatic heterocycles. The second kappa shape index (κ2) is 5.60. The lowest BCUT2D eigenvalue weighted by Gasteiger charge is -2.36. The van der Waals surface area contributed by atoms with Crippen LogP contribution in [-0.4, -0.2) is 53.8 Å². The van der Waals surface area contributed by atoms with Crippen LogP contribution in [0.2, 0.25) is 0 Å². The van der Waals surface area contributed by atoms with Gasteiger partial charge in [0.2, 0.25) is 0 Å². The molecule has 0 saturated carbocycles. The van der Waals surface area contributed by atoms with E-state index in [4.69, 9.17) is 0 Å². The summed E-state index contributed by atoms with van der Waals surface area (Å²) in [6, 6.07) is -0.912. The van der Waals surface area contributed by atoms with Gasteiger partial charge in [-0.25, -0.2) is 0 Å². The number of carboxylic acids is 1. The maximum absolute atomic E-state index is 12.6. The van der Waals surface area contributed by atoms with E-state index in [1.54, 1.807) is 0 Å². The quantitative estimate of drug-likeness (QED) is 0.780. The lowest BCUT2D eigenvalue weighted by atomic mass is 10.1. The topological polar surface area (TPSA) is 77.9 Å². The fourth-order valence-electron chi connectivity index (χ4n) is 2.65. The van der Waals surface area contributed by atoms with Crippen molar-refractivity contribution in [1.82, 2.24) is 8.61 Å². The van der Waals surface area contributed by atoms with E-state index in [-0.39, 0.29) is 0 Å². The van der Waals surface area contributed by atoms with E-state index in [2.05, 4.69) is 0 Å². The van der Waals surface area contributed by atoms with E-state index in [1.807, 2.05) is 13.0 Å². The van der Waals surface area contributed by atoms with Crippen LogP contribution in [-0.2, 0) is 15.0 Å². The van der Waals surface area contributed by atoms with Crippen LogP contribution in [0.15, 0.2) is 11.6 Å². The summed E-state index contributed by atoms with van der Waals surface area (Å²) in [6.45, 7) is 3.00. The molecule has 19 heavy (non-hydrogen) atoms. The van der Waals surface area contributed by atoms with Crippen LogP contribution in [0.5, 0.6) is 0 Å². The number of carbonyl (C=O) groups is 1. The van der Waals surface area contributed by atoms with E-state index in [9.17, 15) is 18.3 Å². The molecule has 7 heteroatoms. The van der Waals surface area contributed by atoms with Crippen LogP contribution in [0.4, 0.5) is 0 Å². The molecule has 1 N–H and O–H groups in total. The first-order valence-electron chi connectivity index (χ1n) is 6.58. The van der Waals surface area contributed by atoms with Gasteiger partial charge in [0, 0.05) is 19.6 Å². The van der Waals surface area contributed by atoms with Gasteiger partial charge in [-0.05, 0) is 32.6 Å². The van der Waals surface area contributed by atoms with Gasteiger partial charge in [0.05, 0.1) is 0 Å². The van der Waals surface area contributed by atoms with Crippen molar-refractivity contribution in [3.05, 3.63) is 11.6 Å². The summed E-state index contributed by atoms with van der Waals surface area (Å²) in [6.07, 6.45) is 4.61. The highest BCUT2D eigenvalue weighted by molar-refractivity contribution is 7.86. The van der Waals surface area contributed by atoms with Gasteiger partial charge in [-0.1, -0.05) is 11.6 Å². The second-order valence-electron chi connectivity index (χ2n) is 5.14. The van der Waals surface area contributed by atoms with Gasteiger partial charge in [0.15, 0.2) is 0 Å². The Balaban J connectivity index is 2.22. The third-order valence-corrected chi connectivity index (χ3v) is 5.65. The average Bonchev–Trinajstić information content (AvgIpc) is 2.38. The van der Waals surface area contributed by atoms with Crippen LogP contribution < -0.4 is 0 Å². The zero-order valence-corrected chi connectivity index (χ0v) is 11.9. The summed E-state index contributed by atoms with van der Waals surface area (Å²) >= 11 is 0. The molecule has 0 amide bonds. The predicted molar refractivity (Wildman–Crippen MR) is 70.8 cm³/mol. The van der Waals surface area contributed by atoms with Crippen LogP contribution in [0.3, 0.4) is 0 Å². The third kappa shape index (κ3) is 2.98. The highest BCUT2D eigenvalue weighted by Gasteiger charge is 2.40. The highest BCUT2D eigenvalue weighted by Crippen LogP contribution is 2.24. The first kappa shape index (κ1) is 14.5. The standard InChI is InChI=1S/C12H20N2O4S/c1-10-5-4-7-13(9-10)19(17,18)14-8-3-2-6-11(14)12(15)16/h5,11H,2-4,6-9H2,1H3,(H,15,16). The van der Waals surface area contributed by atoms with Crippen molar-refractivity contribution in [3.63, 3.8) is 0 Å². The van der Waals surface area contributed by atoms with Crippen molar-refractivity contribution in [3.8, 4) is 0 Å². The Kier molecular flexibility index (Phi) is 4.27. The van der Waals surface area contributed by atoms with Gasteiger partial charge in [0.1, 0.15) is 6.04 Å². The van der Waals surface area contributed by atoms with E-state index >= 15 is 0 Å². The smallest absolute Gasteiger partial charge is 0.322 e. The molecule has 0 bridgehead atoms. The van der Waals surface area contributed by atoms with Crippen molar-refractivity contribution < 1.29 is 18.3 Å². The highest BCUT2D eigenvalue weighted by atomic mass is 32.2. The molecule has 2 aliphatic rings. The minimum atomic E-state index is -3.67. The third-order valence-electron chi connectivity index (χ3n) is 3.66. The van der Waals surface area contributed by atoms with Crippen molar-refractivity contribution >= 4 is 16.2 Å². The van der Waals surface area contributed by atoms with Gasteiger partial charge in [0.25, 0.3) is 10.2 Å². The molecule has 0 spiro atoms. The van der Waals surface area contributed by atoms with E-state index in [1.165, 1.54) is 4.31 Å². The Morgan fingerprint density at radius 2 is 2.11 bits per heavy atom. The van der Waals surface area contributed by atoms with Crippen molar-refractivity contribution in [2.24, 2.45) is 0 Å². The fourth-order valence-corrected chi connectivity index (χ4v) is 4.53. The maximum Gasteiger partial charge on any atom is 0.322 e. The molecule has 2 aliphatic heterocycles.